The summed E-state index contributed by atoms with van der Waals surface area (Å²) in [5, 5.41) is 3.09. The van der Waals surface area contributed by atoms with Crippen LogP contribution in [0.15, 0.2) is 24.3 Å². The number of aryl methyl sites for hydroxylation is 1. The van der Waals surface area contributed by atoms with Gasteiger partial charge in [0.15, 0.2) is 0 Å². The average molecular weight is 215 g/mol. The van der Waals surface area contributed by atoms with E-state index in [4.69, 9.17) is 0 Å². The Labute approximate surface area is 96.1 Å². The Morgan fingerprint density at radius 3 is 2.88 bits per heavy atom. The van der Waals surface area contributed by atoms with E-state index in [1.54, 1.807) is 0 Å². The molecule has 2 aliphatic carbocycles. The Kier molecular flexibility index (Phi) is 2.23. The van der Waals surface area contributed by atoms with Crippen molar-refractivity contribution < 1.29 is 4.79 Å². The molecule has 1 N–H and O–H groups in total. The summed E-state index contributed by atoms with van der Waals surface area (Å²) in [6.45, 7) is 2.10. The largest absolute Gasteiger partial charge is 0.353 e. The minimum atomic E-state index is 0.238. The van der Waals surface area contributed by atoms with Gasteiger partial charge in [-0.2, -0.15) is 0 Å². The van der Waals surface area contributed by atoms with Gasteiger partial charge in [-0.25, -0.2) is 0 Å². The lowest BCUT2D eigenvalue weighted by atomic mass is 10.1. The third-order valence-corrected chi connectivity index (χ3v) is 3.52. The van der Waals surface area contributed by atoms with E-state index in [2.05, 4.69) is 36.5 Å². The summed E-state index contributed by atoms with van der Waals surface area (Å²) in [6, 6.07) is 9.02. The molecule has 0 bridgehead atoms. The summed E-state index contributed by atoms with van der Waals surface area (Å²) >= 11 is 0. The third-order valence-electron chi connectivity index (χ3n) is 3.52. The second-order valence-corrected chi connectivity index (χ2v) is 5.15. The first-order valence-electron chi connectivity index (χ1n) is 6.11. The highest BCUT2D eigenvalue weighted by atomic mass is 16.2. The highest BCUT2D eigenvalue weighted by Gasteiger charge is 2.45. The fraction of sp³-hybridized carbons (Fsp3) is 0.500. The Bertz CT molecular complexity index is 422. The van der Waals surface area contributed by atoms with Gasteiger partial charge in [0.2, 0.25) is 5.91 Å². The van der Waals surface area contributed by atoms with Gasteiger partial charge in [-0.15, -0.1) is 0 Å². The van der Waals surface area contributed by atoms with Crippen LogP contribution in [0.3, 0.4) is 0 Å². The predicted octanol–water partition coefficient (Wildman–Crippen LogP) is 2.38. The normalized spacial score (nSPS) is 27.6. The number of carbonyl (C=O) groups excluding carboxylic acids is 1. The summed E-state index contributed by atoms with van der Waals surface area (Å²) in [7, 11) is 0. The molecule has 0 saturated heterocycles. The molecule has 1 amide bonds. The number of benzene rings is 1. The zero-order valence-corrected chi connectivity index (χ0v) is 9.57. The van der Waals surface area contributed by atoms with E-state index in [9.17, 15) is 4.79 Å². The Hall–Kier alpha value is -1.31. The van der Waals surface area contributed by atoms with Crippen molar-refractivity contribution in [3.63, 3.8) is 0 Å². The summed E-state index contributed by atoms with van der Waals surface area (Å²) in [6.07, 6.45) is 3.38. The molecule has 0 radical (unpaired) electrons. The van der Waals surface area contributed by atoms with Gasteiger partial charge < -0.3 is 5.32 Å². The molecule has 2 nitrogen and oxygen atoms in total. The van der Waals surface area contributed by atoms with Gasteiger partial charge in [0.05, 0.1) is 0 Å². The van der Waals surface area contributed by atoms with Crippen LogP contribution in [0.1, 0.15) is 36.3 Å². The first-order chi connectivity index (χ1) is 7.74. The van der Waals surface area contributed by atoms with Crippen molar-refractivity contribution in [2.75, 3.05) is 0 Å². The molecule has 3 rings (SSSR count). The second kappa shape index (κ2) is 3.62. The molecule has 0 aromatic heterocycles. The highest BCUT2D eigenvalue weighted by Crippen LogP contribution is 2.48. The minimum Gasteiger partial charge on any atom is -0.353 e. The van der Waals surface area contributed by atoms with Crippen molar-refractivity contribution in [2.24, 2.45) is 5.92 Å². The Morgan fingerprint density at radius 1 is 1.38 bits per heavy atom. The van der Waals surface area contributed by atoms with E-state index >= 15 is 0 Å². The van der Waals surface area contributed by atoms with Crippen molar-refractivity contribution in [2.45, 2.75) is 38.1 Å². The zero-order chi connectivity index (χ0) is 11.1. The fourth-order valence-electron chi connectivity index (χ4n) is 2.29. The second-order valence-electron chi connectivity index (χ2n) is 5.15. The molecule has 2 saturated carbocycles. The SMILES string of the molecule is Cc1cccc(C2CC2C(=O)NC2CC2)c1. The molecule has 2 unspecified atom stereocenters. The molecular weight excluding hydrogens is 198 g/mol. The van der Waals surface area contributed by atoms with Crippen LogP contribution in [-0.2, 0) is 4.79 Å². The Balaban J connectivity index is 1.64. The maximum Gasteiger partial charge on any atom is 0.223 e. The van der Waals surface area contributed by atoms with Crippen LogP contribution in [0.4, 0.5) is 0 Å². The van der Waals surface area contributed by atoms with Gasteiger partial charge in [-0.05, 0) is 37.7 Å². The molecule has 2 aliphatic rings. The maximum atomic E-state index is 11.8. The van der Waals surface area contributed by atoms with Gasteiger partial charge in [0.25, 0.3) is 0 Å². The van der Waals surface area contributed by atoms with Crippen molar-refractivity contribution in [1.82, 2.24) is 5.32 Å². The van der Waals surface area contributed by atoms with Crippen LogP contribution in [-0.4, -0.2) is 11.9 Å². The molecule has 1 aromatic rings. The number of hydrogen-bond acceptors (Lipinski definition) is 1. The van der Waals surface area contributed by atoms with Gasteiger partial charge in [0, 0.05) is 12.0 Å². The summed E-state index contributed by atoms with van der Waals surface area (Å²) in [5.41, 5.74) is 2.61. The minimum absolute atomic E-state index is 0.238. The highest BCUT2D eigenvalue weighted by molar-refractivity contribution is 5.83. The van der Waals surface area contributed by atoms with Gasteiger partial charge in [-0.3, -0.25) is 4.79 Å². The van der Waals surface area contributed by atoms with Crippen molar-refractivity contribution in [3.8, 4) is 0 Å². The first-order valence-corrected chi connectivity index (χ1v) is 6.11. The number of amides is 1. The van der Waals surface area contributed by atoms with E-state index in [0.717, 1.165) is 6.42 Å². The number of nitrogens with one attached hydrogen (secondary N) is 1. The van der Waals surface area contributed by atoms with E-state index in [1.165, 1.54) is 24.0 Å². The van der Waals surface area contributed by atoms with E-state index in [-0.39, 0.29) is 11.8 Å². The first kappa shape index (κ1) is 9.88. The molecule has 1 aromatic carbocycles. The molecule has 2 heteroatoms. The number of carbonyl (C=O) groups is 1. The van der Waals surface area contributed by atoms with Crippen LogP contribution < -0.4 is 5.32 Å². The van der Waals surface area contributed by atoms with Gasteiger partial charge in [0.1, 0.15) is 0 Å². The van der Waals surface area contributed by atoms with Crippen molar-refractivity contribution in [3.05, 3.63) is 35.4 Å². The summed E-state index contributed by atoms with van der Waals surface area (Å²) in [4.78, 5) is 11.8. The van der Waals surface area contributed by atoms with E-state index in [0.29, 0.717) is 12.0 Å². The van der Waals surface area contributed by atoms with Gasteiger partial charge in [-0.1, -0.05) is 29.8 Å². The van der Waals surface area contributed by atoms with Crippen LogP contribution in [0.2, 0.25) is 0 Å². The lowest BCUT2D eigenvalue weighted by molar-refractivity contribution is -0.122. The zero-order valence-electron chi connectivity index (χ0n) is 9.57. The quantitative estimate of drug-likeness (QED) is 0.824. The summed E-state index contributed by atoms with van der Waals surface area (Å²) < 4.78 is 0. The number of hydrogen-bond donors (Lipinski definition) is 1. The van der Waals surface area contributed by atoms with Gasteiger partial charge >= 0.3 is 0 Å². The smallest absolute Gasteiger partial charge is 0.223 e. The molecule has 84 valence electrons. The number of rotatable bonds is 3. The topological polar surface area (TPSA) is 29.1 Å². The van der Waals surface area contributed by atoms with Crippen molar-refractivity contribution in [1.29, 1.82) is 0 Å². The Morgan fingerprint density at radius 2 is 2.19 bits per heavy atom. The molecule has 0 spiro atoms. The molecule has 2 atom stereocenters. The predicted molar refractivity (Wildman–Crippen MR) is 63.2 cm³/mol. The lowest BCUT2D eigenvalue weighted by Gasteiger charge is -2.03. The van der Waals surface area contributed by atoms with Crippen LogP contribution >= 0.6 is 0 Å². The maximum absolute atomic E-state index is 11.8. The van der Waals surface area contributed by atoms with Crippen LogP contribution in [0.25, 0.3) is 0 Å². The van der Waals surface area contributed by atoms with Crippen LogP contribution in [0.5, 0.6) is 0 Å². The van der Waals surface area contributed by atoms with Crippen LogP contribution in [0, 0.1) is 12.8 Å². The van der Waals surface area contributed by atoms with Crippen molar-refractivity contribution >= 4 is 5.91 Å². The molecule has 0 aliphatic heterocycles. The molecule has 2 fully saturated rings. The molecular formula is C14H17NO. The molecule has 0 heterocycles. The fourth-order valence-corrected chi connectivity index (χ4v) is 2.29. The van der Waals surface area contributed by atoms with E-state index < -0.39 is 0 Å². The van der Waals surface area contributed by atoms with E-state index in [1.807, 2.05) is 0 Å². The molecule has 16 heavy (non-hydrogen) atoms. The average Bonchev–Trinajstić information content (AvgIpc) is 3.12. The summed E-state index contributed by atoms with van der Waals surface area (Å²) in [5.74, 6) is 0.982. The monoisotopic (exact) mass is 215 g/mol. The lowest BCUT2D eigenvalue weighted by Crippen LogP contribution is -2.27. The standard InChI is InChI=1S/C14H17NO/c1-9-3-2-4-10(7-9)12-8-13(12)14(16)15-11-5-6-11/h2-4,7,11-13H,5-6,8H2,1H3,(H,15,16). The third kappa shape index (κ3) is 1.97.